The molecule has 0 fully saturated rings. The van der Waals surface area contributed by atoms with Crippen molar-refractivity contribution in [3.8, 4) is 5.75 Å². The Balaban J connectivity index is 1.78. The van der Waals surface area contributed by atoms with Gasteiger partial charge in [0.15, 0.2) is 0 Å². The second-order valence-corrected chi connectivity index (χ2v) is 11.9. The fourth-order valence-electron chi connectivity index (χ4n) is 4.76. The van der Waals surface area contributed by atoms with Crippen LogP contribution in [0.25, 0.3) is 0 Å². The van der Waals surface area contributed by atoms with Crippen LogP contribution in [0.4, 0.5) is 10.1 Å². The number of benzene rings is 4. The molecule has 0 heterocycles. The van der Waals surface area contributed by atoms with Crippen LogP contribution < -0.4 is 14.4 Å². The molecule has 0 bridgehead atoms. The average Bonchev–Trinajstić information content (AvgIpc) is 3.03. The van der Waals surface area contributed by atoms with Gasteiger partial charge in [-0.1, -0.05) is 60.7 Å². The predicted molar refractivity (Wildman–Crippen MR) is 168 cm³/mol. The molecule has 230 valence electrons. The summed E-state index contributed by atoms with van der Waals surface area (Å²) in [5.41, 5.74) is 1.83. The number of ether oxygens (including phenoxy) is 1. The van der Waals surface area contributed by atoms with Crippen LogP contribution in [0.5, 0.6) is 5.75 Å². The van der Waals surface area contributed by atoms with Gasteiger partial charge in [-0.15, -0.1) is 0 Å². The van der Waals surface area contributed by atoms with Gasteiger partial charge in [-0.3, -0.25) is 13.9 Å². The van der Waals surface area contributed by atoms with E-state index in [1.807, 2.05) is 67.6 Å². The summed E-state index contributed by atoms with van der Waals surface area (Å²) < 4.78 is 48.2. The summed E-state index contributed by atoms with van der Waals surface area (Å²) in [6, 6.07) is 28.4. The van der Waals surface area contributed by atoms with Gasteiger partial charge in [-0.2, -0.15) is 0 Å². The number of hydrogen-bond donors (Lipinski definition) is 1. The van der Waals surface area contributed by atoms with Gasteiger partial charge < -0.3 is 15.0 Å². The third kappa shape index (κ3) is 8.23. The predicted octanol–water partition coefficient (Wildman–Crippen LogP) is 5.20. The lowest BCUT2D eigenvalue weighted by Gasteiger charge is -2.33. The highest BCUT2D eigenvalue weighted by Gasteiger charge is 2.34. The summed E-state index contributed by atoms with van der Waals surface area (Å²) in [4.78, 5) is 29.1. The van der Waals surface area contributed by atoms with Crippen LogP contribution in [0, 0.1) is 5.82 Å². The number of rotatable bonds is 14. The number of sulfonamides is 1. The van der Waals surface area contributed by atoms with E-state index in [1.54, 1.807) is 31.2 Å². The van der Waals surface area contributed by atoms with Gasteiger partial charge in [0, 0.05) is 19.5 Å². The van der Waals surface area contributed by atoms with E-state index in [0.717, 1.165) is 39.7 Å². The SMILES string of the molecule is CCNC(=O)C(Cc1ccccc1)N(Cc1ccccc1)C(=O)CN(c1ccc(OCC)cc1)S(=O)(=O)c1ccc(F)cc1. The van der Waals surface area contributed by atoms with Gasteiger partial charge in [0.25, 0.3) is 10.0 Å². The van der Waals surface area contributed by atoms with Crippen molar-refractivity contribution in [3.05, 3.63) is 126 Å². The summed E-state index contributed by atoms with van der Waals surface area (Å²) in [7, 11) is -4.33. The Morgan fingerprint density at radius 1 is 0.818 bits per heavy atom. The Kier molecular flexibility index (Phi) is 11.1. The quantitative estimate of drug-likeness (QED) is 0.210. The second-order valence-electron chi connectivity index (χ2n) is 10.00. The Morgan fingerprint density at radius 3 is 1.98 bits per heavy atom. The molecule has 0 aromatic heterocycles. The largest absolute Gasteiger partial charge is 0.494 e. The van der Waals surface area contributed by atoms with Gasteiger partial charge in [-0.25, -0.2) is 12.8 Å². The van der Waals surface area contributed by atoms with Gasteiger partial charge in [0.05, 0.1) is 17.2 Å². The van der Waals surface area contributed by atoms with Crippen LogP contribution >= 0.6 is 0 Å². The first kappa shape index (κ1) is 32.2. The highest BCUT2D eigenvalue weighted by atomic mass is 32.2. The fourth-order valence-corrected chi connectivity index (χ4v) is 6.18. The molecule has 0 aliphatic carbocycles. The molecule has 4 aromatic rings. The first-order valence-electron chi connectivity index (χ1n) is 14.4. The molecule has 0 aliphatic rings. The van der Waals surface area contributed by atoms with Crippen molar-refractivity contribution < 1.29 is 27.1 Å². The molecule has 1 atom stereocenters. The van der Waals surface area contributed by atoms with Crippen LogP contribution in [0.15, 0.2) is 114 Å². The monoisotopic (exact) mass is 617 g/mol. The molecular weight excluding hydrogens is 581 g/mol. The van der Waals surface area contributed by atoms with E-state index >= 15 is 0 Å². The van der Waals surface area contributed by atoms with Crippen molar-refractivity contribution in [2.75, 3.05) is 24.0 Å². The smallest absolute Gasteiger partial charge is 0.264 e. The number of hydrogen-bond acceptors (Lipinski definition) is 5. The third-order valence-corrected chi connectivity index (χ3v) is 8.72. The zero-order valence-electron chi connectivity index (χ0n) is 24.7. The average molecular weight is 618 g/mol. The summed E-state index contributed by atoms with van der Waals surface area (Å²) >= 11 is 0. The first-order valence-corrected chi connectivity index (χ1v) is 15.8. The molecule has 0 saturated heterocycles. The number of halogens is 1. The van der Waals surface area contributed by atoms with Gasteiger partial charge in [0.1, 0.15) is 24.2 Å². The molecular formula is C34H36FN3O5S. The number of nitrogens with one attached hydrogen (secondary N) is 1. The maximum absolute atomic E-state index is 14.3. The fraction of sp³-hybridized carbons (Fsp3) is 0.235. The summed E-state index contributed by atoms with van der Waals surface area (Å²) in [6.07, 6.45) is 0.221. The maximum atomic E-state index is 14.3. The zero-order valence-corrected chi connectivity index (χ0v) is 25.5. The molecule has 8 nitrogen and oxygen atoms in total. The Morgan fingerprint density at radius 2 is 1.41 bits per heavy atom. The standard InChI is InChI=1S/C34H36FN3O5S/c1-3-36-34(40)32(23-26-11-7-5-8-12-26)37(24-27-13-9-6-10-14-27)33(39)25-38(29-17-19-30(20-18-29)43-4-2)44(41,42)31-21-15-28(35)16-22-31/h5-22,32H,3-4,23-25H2,1-2H3,(H,36,40). The number of carbonyl (C=O) groups excluding carboxylic acids is 2. The summed E-state index contributed by atoms with van der Waals surface area (Å²) in [6.45, 7) is 3.87. The van der Waals surface area contributed by atoms with Crippen molar-refractivity contribution in [1.29, 1.82) is 0 Å². The van der Waals surface area contributed by atoms with Crippen LogP contribution in [0.2, 0.25) is 0 Å². The Hall–Kier alpha value is -4.70. The minimum atomic E-state index is -4.33. The molecule has 0 radical (unpaired) electrons. The van der Waals surface area contributed by atoms with Gasteiger partial charge in [-0.05, 0) is 73.5 Å². The Labute approximate surface area is 258 Å². The van der Waals surface area contributed by atoms with Gasteiger partial charge >= 0.3 is 0 Å². The highest BCUT2D eigenvalue weighted by molar-refractivity contribution is 7.92. The van der Waals surface area contributed by atoms with E-state index in [0.29, 0.717) is 18.9 Å². The van der Waals surface area contributed by atoms with Crippen molar-refractivity contribution in [2.45, 2.75) is 37.8 Å². The minimum Gasteiger partial charge on any atom is -0.494 e. The number of anilines is 1. The van der Waals surface area contributed by atoms with Crippen LogP contribution in [0.1, 0.15) is 25.0 Å². The number of carbonyl (C=O) groups is 2. The molecule has 4 aromatic carbocycles. The van der Waals surface area contributed by atoms with Crippen LogP contribution in [-0.2, 0) is 32.6 Å². The zero-order chi connectivity index (χ0) is 31.5. The first-order chi connectivity index (χ1) is 21.2. The summed E-state index contributed by atoms with van der Waals surface area (Å²) in [5, 5.41) is 2.84. The van der Waals surface area contributed by atoms with Crippen molar-refractivity contribution >= 4 is 27.5 Å². The third-order valence-electron chi connectivity index (χ3n) is 6.93. The van der Waals surface area contributed by atoms with E-state index < -0.39 is 34.3 Å². The number of amides is 2. The molecule has 10 heteroatoms. The second kappa shape index (κ2) is 15.2. The molecule has 1 unspecified atom stereocenters. The molecule has 4 rings (SSSR count). The highest BCUT2D eigenvalue weighted by Crippen LogP contribution is 2.27. The Bertz CT molecular complexity index is 1620. The summed E-state index contributed by atoms with van der Waals surface area (Å²) in [5.74, 6) is -0.991. The lowest BCUT2D eigenvalue weighted by atomic mass is 10.0. The van der Waals surface area contributed by atoms with Gasteiger partial charge in [0.2, 0.25) is 11.8 Å². The van der Waals surface area contributed by atoms with E-state index in [1.165, 1.54) is 4.90 Å². The normalized spacial score (nSPS) is 11.8. The van der Waals surface area contributed by atoms with Crippen molar-refractivity contribution in [1.82, 2.24) is 10.2 Å². The van der Waals surface area contributed by atoms with Crippen molar-refractivity contribution in [3.63, 3.8) is 0 Å². The molecule has 1 N–H and O–H groups in total. The minimum absolute atomic E-state index is 0.0714. The number of likely N-dealkylation sites (N-methyl/N-ethyl adjacent to an activating group) is 1. The van der Waals surface area contributed by atoms with E-state index in [4.69, 9.17) is 4.74 Å². The van der Waals surface area contributed by atoms with Crippen molar-refractivity contribution in [2.24, 2.45) is 0 Å². The topological polar surface area (TPSA) is 96.0 Å². The maximum Gasteiger partial charge on any atom is 0.264 e. The molecule has 0 aliphatic heterocycles. The van der Waals surface area contributed by atoms with Crippen LogP contribution in [-0.4, -0.2) is 50.9 Å². The van der Waals surface area contributed by atoms with E-state index in [9.17, 15) is 22.4 Å². The molecule has 2 amide bonds. The van der Waals surface area contributed by atoms with E-state index in [2.05, 4.69) is 5.32 Å². The van der Waals surface area contributed by atoms with Crippen LogP contribution in [0.3, 0.4) is 0 Å². The lowest BCUT2D eigenvalue weighted by Crippen LogP contribution is -2.53. The molecule has 0 spiro atoms. The molecule has 0 saturated carbocycles. The lowest BCUT2D eigenvalue weighted by molar-refractivity contribution is -0.140. The van der Waals surface area contributed by atoms with E-state index in [-0.39, 0.29) is 29.5 Å². The number of nitrogens with zero attached hydrogens (tertiary/aromatic N) is 2. The molecule has 44 heavy (non-hydrogen) atoms.